The summed E-state index contributed by atoms with van der Waals surface area (Å²) >= 11 is 0. The first-order valence-corrected chi connectivity index (χ1v) is 6.27. The predicted octanol–water partition coefficient (Wildman–Crippen LogP) is 1.54. The first-order valence-electron chi connectivity index (χ1n) is 6.27. The van der Waals surface area contributed by atoms with E-state index in [4.69, 9.17) is 5.11 Å². The van der Waals surface area contributed by atoms with E-state index in [1.807, 2.05) is 12.1 Å². The summed E-state index contributed by atoms with van der Waals surface area (Å²) in [6.07, 6.45) is 4.22. The maximum atomic E-state index is 11.8. The molecule has 0 aliphatic rings. The van der Waals surface area contributed by atoms with E-state index in [9.17, 15) is 9.59 Å². The van der Waals surface area contributed by atoms with Gasteiger partial charge in [0.25, 0.3) is 0 Å². The molecule has 21 heavy (non-hydrogen) atoms. The Hall–Kier alpha value is -3.02. The van der Waals surface area contributed by atoms with E-state index in [1.54, 1.807) is 22.9 Å². The minimum absolute atomic E-state index is 0.0558. The first kappa shape index (κ1) is 13.0. The molecule has 0 spiro atoms. The largest absolute Gasteiger partial charge is 0.478 e. The molecule has 0 amide bonds. The second-order valence-corrected chi connectivity index (χ2v) is 4.51. The third kappa shape index (κ3) is 2.38. The molecule has 0 bridgehead atoms. The fraction of sp³-hybridized carbons (Fsp3) is 0.0667. The molecule has 3 rings (SSSR count). The Morgan fingerprint density at radius 2 is 2.05 bits per heavy atom. The molecule has 1 aromatic carbocycles. The molecule has 0 aliphatic carbocycles. The SMILES string of the molecule is O=C(O)c1cncnc1Cn1ccc(=O)c2ccccc21. The molecule has 2 heterocycles. The third-order valence-electron chi connectivity index (χ3n) is 3.23. The number of fused-ring (bicyclic) bond motifs is 1. The molecule has 6 heteroatoms. The highest BCUT2D eigenvalue weighted by Crippen LogP contribution is 2.13. The molecule has 0 saturated carbocycles. The summed E-state index contributed by atoms with van der Waals surface area (Å²) in [7, 11) is 0. The molecule has 104 valence electrons. The quantitative estimate of drug-likeness (QED) is 0.787. The van der Waals surface area contributed by atoms with Crippen LogP contribution in [0.25, 0.3) is 10.9 Å². The van der Waals surface area contributed by atoms with Gasteiger partial charge in [-0.3, -0.25) is 4.79 Å². The van der Waals surface area contributed by atoms with Gasteiger partial charge in [0.2, 0.25) is 0 Å². The van der Waals surface area contributed by atoms with Gasteiger partial charge in [0.05, 0.1) is 17.8 Å². The van der Waals surface area contributed by atoms with Crippen LogP contribution >= 0.6 is 0 Å². The van der Waals surface area contributed by atoms with E-state index in [0.29, 0.717) is 11.1 Å². The summed E-state index contributed by atoms with van der Waals surface area (Å²) in [6, 6.07) is 8.65. The lowest BCUT2D eigenvalue weighted by molar-refractivity contribution is 0.0694. The van der Waals surface area contributed by atoms with E-state index in [-0.39, 0.29) is 17.5 Å². The smallest absolute Gasteiger partial charge is 0.339 e. The lowest BCUT2D eigenvalue weighted by Gasteiger charge is -2.11. The van der Waals surface area contributed by atoms with Gasteiger partial charge in [-0.2, -0.15) is 0 Å². The minimum atomic E-state index is -1.07. The summed E-state index contributed by atoms with van der Waals surface area (Å²) in [5.41, 5.74) is 1.12. The van der Waals surface area contributed by atoms with E-state index in [1.165, 1.54) is 18.6 Å². The molecular weight excluding hydrogens is 270 g/mol. The number of para-hydroxylation sites is 1. The highest BCUT2D eigenvalue weighted by Gasteiger charge is 2.12. The number of aromatic nitrogens is 3. The highest BCUT2D eigenvalue weighted by molar-refractivity contribution is 5.88. The van der Waals surface area contributed by atoms with Crippen molar-refractivity contribution >= 4 is 16.9 Å². The highest BCUT2D eigenvalue weighted by atomic mass is 16.4. The summed E-state index contributed by atoms with van der Waals surface area (Å²) in [5.74, 6) is -1.07. The van der Waals surface area contributed by atoms with Crippen LogP contribution in [-0.2, 0) is 6.54 Å². The van der Waals surface area contributed by atoms with Crippen molar-refractivity contribution in [1.82, 2.24) is 14.5 Å². The van der Waals surface area contributed by atoms with Crippen LogP contribution in [0, 0.1) is 0 Å². The topological polar surface area (TPSA) is 85.1 Å². The van der Waals surface area contributed by atoms with Crippen LogP contribution in [0.1, 0.15) is 16.1 Å². The van der Waals surface area contributed by atoms with Gasteiger partial charge in [-0.1, -0.05) is 12.1 Å². The average molecular weight is 281 g/mol. The molecular formula is C15H11N3O3. The number of rotatable bonds is 3. The Morgan fingerprint density at radius 1 is 1.24 bits per heavy atom. The Bertz CT molecular complexity index is 886. The summed E-state index contributed by atoms with van der Waals surface area (Å²) in [6.45, 7) is 0.255. The van der Waals surface area contributed by atoms with Gasteiger partial charge in [0.1, 0.15) is 11.9 Å². The molecule has 0 fully saturated rings. The number of pyridine rings is 1. The summed E-state index contributed by atoms with van der Waals surface area (Å²) in [4.78, 5) is 30.8. The second kappa shape index (κ2) is 5.16. The van der Waals surface area contributed by atoms with Crippen molar-refractivity contribution in [2.24, 2.45) is 0 Å². The zero-order valence-corrected chi connectivity index (χ0v) is 10.9. The normalized spacial score (nSPS) is 10.7. The Labute approximate surface area is 119 Å². The van der Waals surface area contributed by atoms with E-state index < -0.39 is 5.97 Å². The molecule has 0 aliphatic heterocycles. The van der Waals surface area contributed by atoms with Crippen LogP contribution in [0.2, 0.25) is 0 Å². The molecule has 1 N–H and O–H groups in total. The van der Waals surface area contributed by atoms with Gasteiger partial charge in [-0.15, -0.1) is 0 Å². The van der Waals surface area contributed by atoms with Crippen LogP contribution in [0.4, 0.5) is 0 Å². The third-order valence-corrected chi connectivity index (χ3v) is 3.23. The number of hydrogen-bond acceptors (Lipinski definition) is 4. The van der Waals surface area contributed by atoms with Gasteiger partial charge < -0.3 is 9.67 Å². The monoisotopic (exact) mass is 281 g/mol. The second-order valence-electron chi connectivity index (χ2n) is 4.51. The maximum absolute atomic E-state index is 11.8. The number of carboxylic acid groups (broad SMARTS) is 1. The predicted molar refractivity (Wildman–Crippen MR) is 76.3 cm³/mol. The van der Waals surface area contributed by atoms with Crippen molar-refractivity contribution < 1.29 is 9.90 Å². The number of nitrogens with zero attached hydrogens (tertiary/aromatic N) is 3. The van der Waals surface area contributed by atoms with Crippen LogP contribution in [-0.4, -0.2) is 25.6 Å². The number of carbonyl (C=O) groups is 1. The van der Waals surface area contributed by atoms with Gasteiger partial charge in [0.15, 0.2) is 5.43 Å². The fourth-order valence-corrected chi connectivity index (χ4v) is 2.22. The van der Waals surface area contributed by atoms with Crippen LogP contribution in [0.5, 0.6) is 0 Å². The Morgan fingerprint density at radius 3 is 2.86 bits per heavy atom. The van der Waals surface area contributed by atoms with E-state index in [2.05, 4.69) is 9.97 Å². The maximum Gasteiger partial charge on any atom is 0.339 e. The van der Waals surface area contributed by atoms with Crippen LogP contribution in [0.15, 0.2) is 53.8 Å². The number of hydrogen-bond donors (Lipinski definition) is 1. The lowest BCUT2D eigenvalue weighted by Crippen LogP contribution is -2.13. The first-order chi connectivity index (χ1) is 10.2. The molecule has 3 aromatic rings. The van der Waals surface area contributed by atoms with Gasteiger partial charge in [-0.25, -0.2) is 14.8 Å². The Kier molecular flexibility index (Phi) is 3.19. The van der Waals surface area contributed by atoms with E-state index in [0.717, 1.165) is 5.52 Å². The summed E-state index contributed by atoms with van der Waals surface area (Å²) in [5, 5.41) is 9.75. The lowest BCUT2D eigenvalue weighted by atomic mass is 10.2. The molecule has 0 saturated heterocycles. The van der Waals surface area contributed by atoms with E-state index >= 15 is 0 Å². The van der Waals surface area contributed by atoms with Gasteiger partial charge >= 0.3 is 5.97 Å². The summed E-state index contributed by atoms with van der Waals surface area (Å²) < 4.78 is 1.80. The van der Waals surface area contributed by atoms with Crippen molar-refractivity contribution in [3.05, 3.63) is 70.5 Å². The van der Waals surface area contributed by atoms with Crippen LogP contribution in [0.3, 0.4) is 0 Å². The van der Waals surface area contributed by atoms with Crippen molar-refractivity contribution in [2.45, 2.75) is 6.54 Å². The Balaban J connectivity index is 2.14. The van der Waals surface area contributed by atoms with Crippen molar-refractivity contribution in [3.63, 3.8) is 0 Å². The number of carboxylic acids is 1. The molecule has 0 atom stereocenters. The minimum Gasteiger partial charge on any atom is -0.478 e. The van der Waals surface area contributed by atoms with Gasteiger partial charge in [-0.05, 0) is 12.1 Å². The van der Waals surface area contributed by atoms with Crippen LogP contribution < -0.4 is 5.43 Å². The van der Waals surface area contributed by atoms with Gasteiger partial charge in [0, 0.05) is 23.8 Å². The standard InChI is InChI=1S/C15H11N3O3/c19-14-5-6-18(13-4-2-1-3-10(13)14)8-12-11(15(20)21)7-16-9-17-12/h1-7,9H,8H2,(H,20,21). The molecule has 2 aromatic heterocycles. The van der Waals surface area contributed by atoms with Crippen molar-refractivity contribution in [3.8, 4) is 0 Å². The zero-order valence-electron chi connectivity index (χ0n) is 10.9. The van der Waals surface area contributed by atoms with Crippen molar-refractivity contribution in [2.75, 3.05) is 0 Å². The number of benzene rings is 1. The zero-order chi connectivity index (χ0) is 14.8. The molecule has 0 unspecified atom stereocenters. The molecule has 0 radical (unpaired) electrons. The fourth-order valence-electron chi connectivity index (χ4n) is 2.22. The average Bonchev–Trinajstić information content (AvgIpc) is 2.51. The molecule has 6 nitrogen and oxygen atoms in total. The number of aromatic carboxylic acids is 1. The van der Waals surface area contributed by atoms with Crippen molar-refractivity contribution in [1.29, 1.82) is 0 Å².